The van der Waals surface area contributed by atoms with Gasteiger partial charge in [-0.1, -0.05) is 6.04 Å². The number of alkyl halides is 2. The SMILES string of the molecule is C[Si](Cl)(Cl)CC[SiH2]CC(Cl)Cl. The quantitative estimate of drug-likeness (QED) is 0.311. The van der Waals surface area contributed by atoms with Gasteiger partial charge in [0.2, 0.25) is 6.69 Å². The van der Waals surface area contributed by atoms with E-state index in [-0.39, 0.29) is 14.4 Å². The van der Waals surface area contributed by atoms with Gasteiger partial charge in [-0.05, 0) is 18.6 Å². The van der Waals surface area contributed by atoms with Crippen molar-refractivity contribution in [2.24, 2.45) is 0 Å². The Hall–Kier alpha value is 1.59. The van der Waals surface area contributed by atoms with Crippen LogP contribution in [0.2, 0.25) is 24.7 Å². The summed E-state index contributed by atoms with van der Waals surface area (Å²) in [6.07, 6.45) is 0. The van der Waals surface area contributed by atoms with Crippen molar-refractivity contribution in [1.29, 1.82) is 0 Å². The smallest absolute Gasteiger partial charge is 0.146 e. The average molecular weight is 270 g/mol. The summed E-state index contributed by atoms with van der Waals surface area (Å²) in [6.45, 7) is 0.112. The molecule has 0 saturated heterocycles. The molecule has 6 heteroatoms. The van der Waals surface area contributed by atoms with Crippen LogP contribution in [0.1, 0.15) is 0 Å². The summed E-state index contributed by atoms with van der Waals surface area (Å²) in [4.78, 5) is -0.180. The Bertz CT molecular complexity index is 101. The third kappa shape index (κ3) is 11.6. The highest BCUT2D eigenvalue weighted by atomic mass is 35.7. The van der Waals surface area contributed by atoms with Gasteiger partial charge in [-0.3, -0.25) is 0 Å². The summed E-state index contributed by atoms with van der Waals surface area (Å²) >= 11 is 23.0. The van der Waals surface area contributed by atoms with Crippen LogP contribution in [0.25, 0.3) is 0 Å². The maximum absolute atomic E-state index is 5.91. The average Bonchev–Trinajstić information content (AvgIpc) is 1.78. The zero-order valence-corrected chi connectivity index (χ0v) is 11.9. The molecule has 0 nitrogen and oxygen atoms in total. The van der Waals surface area contributed by atoms with Gasteiger partial charge in [0.25, 0.3) is 0 Å². The second kappa shape index (κ2) is 6.11. The fourth-order valence-electron chi connectivity index (χ4n) is 0.734. The van der Waals surface area contributed by atoms with Crippen LogP contribution in [0.5, 0.6) is 0 Å². The molecule has 0 radical (unpaired) electrons. The first kappa shape index (κ1) is 12.6. The van der Waals surface area contributed by atoms with Gasteiger partial charge in [-0.15, -0.1) is 45.4 Å². The summed E-state index contributed by atoms with van der Waals surface area (Å²) in [7, 11) is -0.114. The molecule has 0 aliphatic carbocycles. The fourth-order valence-corrected chi connectivity index (χ4v) is 8.15. The van der Waals surface area contributed by atoms with E-state index in [0.29, 0.717) is 0 Å². The molecule has 0 saturated carbocycles. The third-order valence-corrected chi connectivity index (χ3v) is 7.37. The Morgan fingerprint density at radius 1 is 1.36 bits per heavy atom. The van der Waals surface area contributed by atoms with Crippen molar-refractivity contribution in [2.45, 2.75) is 29.5 Å². The molecule has 0 spiro atoms. The molecular weight excluding hydrogens is 258 g/mol. The van der Waals surface area contributed by atoms with Crippen LogP contribution in [0.4, 0.5) is 0 Å². The number of rotatable bonds is 5. The lowest BCUT2D eigenvalue weighted by molar-refractivity contribution is 1.29. The largest absolute Gasteiger partial charge is 0.248 e. The molecule has 0 aliphatic rings. The highest BCUT2D eigenvalue weighted by Crippen LogP contribution is 2.22. The van der Waals surface area contributed by atoms with E-state index in [9.17, 15) is 0 Å². The van der Waals surface area contributed by atoms with E-state index in [0.717, 1.165) is 12.1 Å². The van der Waals surface area contributed by atoms with Gasteiger partial charge in [-0.2, -0.15) is 0 Å². The molecule has 0 amide bonds. The van der Waals surface area contributed by atoms with Crippen LogP contribution in [0.15, 0.2) is 0 Å². The maximum Gasteiger partial charge on any atom is 0.248 e. The molecule has 11 heavy (non-hydrogen) atoms. The number of halogens is 4. The van der Waals surface area contributed by atoms with Crippen molar-refractivity contribution in [2.75, 3.05) is 0 Å². The fraction of sp³-hybridized carbons (Fsp3) is 1.00. The molecule has 68 valence electrons. The summed E-state index contributed by atoms with van der Waals surface area (Å²) < 4.78 is 0. The van der Waals surface area contributed by atoms with Crippen molar-refractivity contribution in [1.82, 2.24) is 0 Å². The first-order valence-electron chi connectivity index (χ1n) is 3.58. The molecule has 0 aromatic carbocycles. The van der Waals surface area contributed by atoms with Crippen molar-refractivity contribution in [3.8, 4) is 0 Å². The summed E-state index contributed by atoms with van der Waals surface area (Å²) in [5, 5.41) is 0. The van der Waals surface area contributed by atoms with Crippen LogP contribution >= 0.6 is 45.4 Å². The first-order valence-corrected chi connectivity index (χ1v) is 11.2. The van der Waals surface area contributed by atoms with Crippen molar-refractivity contribution in [3.63, 3.8) is 0 Å². The van der Waals surface area contributed by atoms with Crippen LogP contribution < -0.4 is 0 Å². The predicted octanol–water partition coefficient (Wildman–Crippen LogP) is 3.35. The summed E-state index contributed by atoms with van der Waals surface area (Å²) in [5.41, 5.74) is 0. The molecule has 0 fully saturated rings. The molecule has 0 aromatic heterocycles. The molecular formula is C5H12Cl4Si2. The Balaban J connectivity index is 3.15. The van der Waals surface area contributed by atoms with Crippen molar-refractivity contribution >= 4 is 61.6 Å². The van der Waals surface area contributed by atoms with E-state index in [1.54, 1.807) is 0 Å². The third-order valence-electron chi connectivity index (χ3n) is 1.29. The number of hydrogen-bond acceptors (Lipinski definition) is 0. The highest BCUT2D eigenvalue weighted by Gasteiger charge is 2.19. The highest BCUT2D eigenvalue weighted by molar-refractivity contribution is 7.45. The van der Waals surface area contributed by atoms with Gasteiger partial charge < -0.3 is 0 Å². The molecule has 0 N–H and O–H groups in total. The molecule has 0 unspecified atom stereocenters. The molecule has 0 heterocycles. The van der Waals surface area contributed by atoms with E-state index in [2.05, 4.69) is 0 Å². The molecule has 0 bridgehead atoms. The van der Waals surface area contributed by atoms with E-state index < -0.39 is 6.69 Å². The van der Waals surface area contributed by atoms with Crippen LogP contribution in [-0.2, 0) is 0 Å². The van der Waals surface area contributed by atoms with Crippen LogP contribution in [0, 0.1) is 0 Å². The van der Waals surface area contributed by atoms with E-state index in [1.165, 1.54) is 6.04 Å². The van der Waals surface area contributed by atoms with Crippen molar-refractivity contribution < 1.29 is 0 Å². The van der Waals surface area contributed by atoms with Gasteiger partial charge in [0.15, 0.2) is 0 Å². The normalized spacial score (nSPS) is 13.6. The Kier molecular flexibility index (Phi) is 6.99. The minimum absolute atomic E-state index is 0.114. The zero-order chi connectivity index (χ0) is 8.91. The van der Waals surface area contributed by atoms with Gasteiger partial charge in [0.1, 0.15) is 4.84 Å². The van der Waals surface area contributed by atoms with E-state index >= 15 is 0 Å². The van der Waals surface area contributed by atoms with E-state index in [1.807, 2.05) is 6.55 Å². The second-order valence-corrected chi connectivity index (χ2v) is 14.2. The molecule has 0 aromatic rings. The topological polar surface area (TPSA) is 0 Å². The first-order chi connectivity index (χ1) is 4.92. The molecule has 0 atom stereocenters. The van der Waals surface area contributed by atoms with Gasteiger partial charge in [0.05, 0.1) is 0 Å². The lowest BCUT2D eigenvalue weighted by Crippen LogP contribution is -2.13. The minimum Gasteiger partial charge on any atom is -0.146 e. The van der Waals surface area contributed by atoms with Gasteiger partial charge >= 0.3 is 0 Å². The van der Waals surface area contributed by atoms with Gasteiger partial charge in [0, 0.05) is 9.52 Å². The summed E-state index contributed by atoms with van der Waals surface area (Å²) in [6, 6.07) is 3.13. The Labute approximate surface area is 90.8 Å². The Morgan fingerprint density at radius 2 is 1.91 bits per heavy atom. The van der Waals surface area contributed by atoms with E-state index in [4.69, 9.17) is 45.4 Å². The predicted molar refractivity (Wildman–Crippen MR) is 61.8 cm³/mol. The van der Waals surface area contributed by atoms with Gasteiger partial charge in [-0.25, -0.2) is 0 Å². The van der Waals surface area contributed by atoms with Crippen LogP contribution in [0.3, 0.4) is 0 Å². The zero-order valence-electron chi connectivity index (χ0n) is 6.42. The minimum atomic E-state index is -1.84. The van der Waals surface area contributed by atoms with Crippen LogP contribution in [-0.4, -0.2) is 21.0 Å². The lowest BCUT2D eigenvalue weighted by Gasteiger charge is -2.08. The monoisotopic (exact) mass is 268 g/mol. The molecule has 0 rings (SSSR count). The Morgan fingerprint density at radius 3 is 2.27 bits per heavy atom. The lowest BCUT2D eigenvalue weighted by atomic mass is 10.9. The standard InChI is InChI=1S/C5H12Cl4Si2/c1-11(8,9)3-2-10-4-5(6)7/h5H,2-4,10H2,1H3. The summed E-state index contributed by atoms with van der Waals surface area (Å²) in [5.74, 6) is 0. The second-order valence-electron chi connectivity index (χ2n) is 2.71. The number of hydrogen-bond donors (Lipinski definition) is 0. The molecule has 0 aliphatic heterocycles. The maximum atomic E-state index is 5.91. The van der Waals surface area contributed by atoms with Crippen molar-refractivity contribution in [3.05, 3.63) is 0 Å².